The molecule has 1 saturated heterocycles. The largest absolute Gasteiger partial charge is 0.309 e. The van der Waals surface area contributed by atoms with Crippen molar-refractivity contribution in [2.75, 3.05) is 11.9 Å². The summed E-state index contributed by atoms with van der Waals surface area (Å²) in [6.07, 6.45) is 2.13. The SMILES string of the molecule is Cc1nn(C)c(NC(=O)CN2C(C)CCC2C)c1C(=O)c1ccccc1F. The van der Waals surface area contributed by atoms with Crippen LogP contribution in [-0.4, -0.2) is 45.0 Å². The molecule has 2 unspecified atom stereocenters. The van der Waals surface area contributed by atoms with Crippen LogP contribution >= 0.6 is 0 Å². The number of nitrogens with zero attached hydrogens (tertiary/aromatic N) is 3. The fraction of sp³-hybridized carbons (Fsp3) is 0.450. The summed E-state index contributed by atoms with van der Waals surface area (Å²) in [5, 5.41) is 7.06. The molecule has 1 aliphatic rings. The van der Waals surface area contributed by atoms with Crippen LogP contribution in [0.4, 0.5) is 10.2 Å². The van der Waals surface area contributed by atoms with Crippen molar-refractivity contribution in [1.29, 1.82) is 0 Å². The molecule has 0 aliphatic carbocycles. The van der Waals surface area contributed by atoms with E-state index in [2.05, 4.69) is 29.2 Å². The number of ketones is 1. The number of aromatic nitrogens is 2. The summed E-state index contributed by atoms with van der Waals surface area (Å²) in [5.74, 6) is -0.994. The number of carbonyl (C=O) groups excluding carboxylic acids is 2. The average Bonchev–Trinajstić information content (AvgIpc) is 3.07. The van der Waals surface area contributed by atoms with Crippen LogP contribution in [0, 0.1) is 12.7 Å². The van der Waals surface area contributed by atoms with Gasteiger partial charge in [0.2, 0.25) is 11.7 Å². The van der Waals surface area contributed by atoms with Crippen molar-refractivity contribution in [2.45, 2.75) is 45.7 Å². The van der Waals surface area contributed by atoms with Crippen LogP contribution < -0.4 is 5.32 Å². The third-order valence-electron chi connectivity index (χ3n) is 5.29. The van der Waals surface area contributed by atoms with E-state index in [1.807, 2.05) is 0 Å². The van der Waals surface area contributed by atoms with Gasteiger partial charge in [-0.05, 0) is 45.7 Å². The zero-order chi connectivity index (χ0) is 19.7. The van der Waals surface area contributed by atoms with E-state index >= 15 is 0 Å². The average molecular weight is 372 g/mol. The summed E-state index contributed by atoms with van der Waals surface area (Å²) in [4.78, 5) is 27.7. The summed E-state index contributed by atoms with van der Waals surface area (Å²) in [7, 11) is 1.65. The Labute approximate surface area is 158 Å². The van der Waals surface area contributed by atoms with Gasteiger partial charge in [0.05, 0.1) is 23.4 Å². The number of likely N-dealkylation sites (tertiary alicyclic amines) is 1. The molecular formula is C20H25FN4O2. The highest BCUT2D eigenvalue weighted by atomic mass is 19.1. The van der Waals surface area contributed by atoms with Gasteiger partial charge in [-0.15, -0.1) is 0 Å². The molecule has 7 heteroatoms. The van der Waals surface area contributed by atoms with Gasteiger partial charge in [0.25, 0.3) is 0 Å². The zero-order valence-corrected chi connectivity index (χ0v) is 16.1. The maximum atomic E-state index is 14.1. The standard InChI is InChI=1S/C20H25FN4O2/c1-12-9-10-13(2)25(12)11-17(26)22-20-18(14(3)23-24(20)4)19(27)15-7-5-6-8-16(15)21/h5-8,12-13H,9-11H2,1-4H3,(H,22,26). The van der Waals surface area contributed by atoms with E-state index in [1.54, 1.807) is 20.0 Å². The van der Waals surface area contributed by atoms with Gasteiger partial charge in [-0.25, -0.2) is 4.39 Å². The topological polar surface area (TPSA) is 67.2 Å². The number of rotatable bonds is 5. The molecule has 1 aromatic carbocycles. The van der Waals surface area contributed by atoms with E-state index in [4.69, 9.17) is 0 Å². The Morgan fingerprint density at radius 1 is 1.22 bits per heavy atom. The van der Waals surface area contributed by atoms with Crippen molar-refractivity contribution in [2.24, 2.45) is 7.05 Å². The van der Waals surface area contributed by atoms with E-state index in [-0.39, 0.29) is 23.6 Å². The van der Waals surface area contributed by atoms with Crippen molar-refractivity contribution in [3.05, 3.63) is 46.9 Å². The molecule has 2 heterocycles. The van der Waals surface area contributed by atoms with E-state index in [9.17, 15) is 14.0 Å². The molecule has 0 radical (unpaired) electrons. The summed E-state index contributed by atoms with van der Waals surface area (Å²) >= 11 is 0. The number of anilines is 1. The third-order valence-corrected chi connectivity index (χ3v) is 5.29. The monoisotopic (exact) mass is 372 g/mol. The lowest BCUT2D eigenvalue weighted by atomic mass is 10.0. The number of aryl methyl sites for hydroxylation is 2. The van der Waals surface area contributed by atoms with Crippen LogP contribution in [0.1, 0.15) is 48.3 Å². The first-order valence-electron chi connectivity index (χ1n) is 9.18. The normalized spacial score (nSPS) is 20.0. The second-order valence-electron chi connectivity index (χ2n) is 7.24. The molecule has 1 N–H and O–H groups in total. The lowest BCUT2D eigenvalue weighted by Gasteiger charge is -2.25. The summed E-state index contributed by atoms with van der Waals surface area (Å²) in [5.41, 5.74) is 0.633. The van der Waals surface area contributed by atoms with Crippen molar-refractivity contribution < 1.29 is 14.0 Å². The van der Waals surface area contributed by atoms with E-state index < -0.39 is 11.6 Å². The van der Waals surface area contributed by atoms with Crippen molar-refractivity contribution in [3.63, 3.8) is 0 Å². The Balaban J connectivity index is 1.85. The lowest BCUT2D eigenvalue weighted by Crippen LogP contribution is -2.39. The molecule has 2 atom stereocenters. The number of hydrogen-bond acceptors (Lipinski definition) is 4. The molecule has 144 valence electrons. The van der Waals surface area contributed by atoms with Crippen LogP contribution in [0.5, 0.6) is 0 Å². The molecule has 1 aromatic heterocycles. The smallest absolute Gasteiger partial charge is 0.239 e. The molecule has 0 spiro atoms. The summed E-state index contributed by atoms with van der Waals surface area (Å²) in [6.45, 7) is 6.14. The Bertz CT molecular complexity index is 867. The minimum Gasteiger partial charge on any atom is -0.309 e. The molecule has 1 amide bonds. The van der Waals surface area contributed by atoms with E-state index in [1.165, 1.54) is 22.9 Å². The molecule has 1 aliphatic heterocycles. The van der Waals surface area contributed by atoms with Gasteiger partial charge in [-0.3, -0.25) is 19.2 Å². The minimum absolute atomic E-state index is 0.0362. The van der Waals surface area contributed by atoms with Gasteiger partial charge in [0.1, 0.15) is 11.6 Å². The number of nitrogens with one attached hydrogen (secondary N) is 1. The lowest BCUT2D eigenvalue weighted by molar-refractivity contribution is -0.117. The van der Waals surface area contributed by atoms with Gasteiger partial charge in [-0.1, -0.05) is 12.1 Å². The fourth-order valence-electron chi connectivity index (χ4n) is 3.75. The maximum Gasteiger partial charge on any atom is 0.239 e. The second kappa shape index (κ2) is 7.60. The van der Waals surface area contributed by atoms with Crippen LogP contribution in [0.15, 0.2) is 24.3 Å². The molecule has 0 saturated carbocycles. The van der Waals surface area contributed by atoms with Crippen LogP contribution in [0.3, 0.4) is 0 Å². The van der Waals surface area contributed by atoms with Gasteiger partial charge < -0.3 is 5.32 Å². The Morgan fingerprint density at radius 2 is 1.85 bits per heavy atom. The first kappa shape index (κ1) is 19.2. The molecule has 1 fully saturated rings. The second-order valence-corrected chi connectivity index (χ2v) is 7.24. The van der Waals surface area contributed by atoms with Crippen molar-refractivity contribution in [3.8, 4) is 0 Å². The predicted octanol–water partition coefficient (Wildman–Crippen LogP) is 2.91. The summed E-state index contributed by atoms with van der Waals surface area (Å²) < 4.78 is 15.5. The minimum atomic E-state index is -0.595. The van der Waals surface area contributed by atoms with Gasteiger partial charge in [0, 0.05) is 19.1 Å². The van der Waals surface area contributed by atoms with Crippen LogP contribution in [0.2, 0.25) is 0 Å². The van der Waals surface area contributed by atoms with Crippen molar-refractivity contribution in [1.82, 2.24) is 14.7 Å². The highest BCUT2D eigenvalue weighted by Crippen LogP contribution is 2.25. The summed E-state index contributed by atoms with van der Waals surface area (Å²) in [6, 6.07) is 6.51. The van der Waals surface area contributed by atoms with Gasteiger partial charge in [-0.2, -0.15) is 5.10 Å². The van der Waals surface area contributed by atoms with Crippen molar-refractivity contribution >= 4 is 17.5 Å². The zero-order valence-electron chi connectivity index (χ0n) is 16.1. The number of halogens is 1. The maximum absolute atomic E-state index is 14.1. The van der Waals surface area contributed by atoms with Crippen LogP contribution in [-0.2, 0) is 11.8 Å². The third kappa shape index (κ3) is 3.78. The predicted molar refractivity (Wildman–Crippen MR) is 101 cm³/mol. The van der Waals surface area contributed by atoms with Gasteiger partial charge in [0.15, 0.2) is 0 Å². The molecular weight excluding hydrogens is 347 g/mol. The Hall–Kier alpha value is -2.54. The Kier molecular flexibility index (Phi) is 5.41. The highest BCUT2D eigenvalue weighted by molar-refractivity contribution is 6.14. The highest BCUT2D eigenvalue weighted by Gasteiger charge is 2.30. The molecule has 3 rings (SSSR count). The molecule has 2 aromatic rings. The number of carbonyl (C=O) groups is 2. The number of amides is 1. The first-order valence-corrected chi connectivity index (χ1v) is 9.18. The van der Waals surface area contributed by atoms with E-state index in [0.29, 0.717) is 23.6 Å². The molecule has 27 heavy (non-hydrogen) atoms. The molecule has 6 nitrogen and oxygen atoms in total. The Morgan fingerprint density at radius 3 is 2.48 bits per heavy atom. The fourth-order valence-corrected chi connectivity index (χ4v) is 3.75. The number of benzene rings is 1. The van der Waals surface area contributed by atoms with E-state index in [0.717, 1.165) is 12.8 Å². The quantitative estimate of drug-likeness (QED) is 0.820. The van der Waals surface area contributed by atoms with Gasteiger partial charge >= 0.3 is 0 Å². The first-order chi connectivity index (χ1) is 12.8. The molecule has 0 bridgehead atoms. The van der Waals surface area contributed by atoms with Crippen LogP contribution in [0.25, 0.3) is 0 Å². The number of hydrogen-bond donors (Lipinski definition) is 1.